The zero-order valence-electron chi connectivity index (χ0n) is 15.0. The number of carbonyl (C=O) groups excluding carboxylic acids is 1. The van der Waals surface area contributed by atoms with Crippen molar-refractivity contribution in [3.8, 4) is 0 Å². The number of aryl methyl sites for hydroxylation is 1. The minimum Gasteiger partial charge on any atom is -0.321 e. The van der Waals surface area contributed by atoms with Crippen LogP contribution in [0.2, 0.25) is 0 Å². The Balaban J connectivity index is 1.74. The first-order valence-electron chi connectivity index (χ1n) is 8.33. The van der Waals surface area contributed by atoms with Gasteiger partial charge in [0.2, 0.25) is 10.0 Å². The third-order valence-electron chi connectivity index (χ3n) is 4.03. The second kappa shape index (κ2) is 8.04. The molecule has 140 valence electrons. The topological polar surface area (TPSA) is 66.5 Å². The SMILES string of the molecule is Cc1cccc(NC(=O)c2cc(S(=O)(=O)N(C)Cc3ccccc3)cs2)c1. The Morgan fingerprint density at radius 2 is 1.81 bits per heavy atom. The summed E-state index contributed by atoms with van der Waals surface area (Å²) in [7, 11) is -2.13. The second-order valence-corrected chi connectivity index (χ2v) is 9.17. The van der Waals surface area contributed by atoms with Gasteiger partial charge in [0.25, 0.3) is 5.91 Å². The molecular formula is C20H20N2O3S2. The molecule has 0 fully saturated rings. The molecule has 0 radical (unpaired) electrons. The lowest BCUT2D eigenvalue weighted by atomic mass is 10.2. The van der Waals surface area contributed by atoms with Crippen molar-refractivity contribution in [2.24, 2.45) is 0 Å². The quantitative estimate of drug-likeness (QED) is 0.677. The van der Waals surface area contributed by atoms with Crippen LogP contribution in [-0.2, 0) is 16.6 Å². The molecule has 5 nitrogen and oxygen atoms in total. The lowest BCUT2D eigenvalue weighted by molar-refractivity contribution is 0.103. The fourth-order valence-electron chi connectivity index (χ4n) is 2.59. The predicted octanol–water partition coefficient (Wildman–Crippen LogP) is 4.13. The smallest absolute Gasteiger partial charge is 0.265 e. The average molecular weight is 401 g/mol. The van der Waals surface area contributed by atoms with Crippen LogP contribution in [0.3, 0.4) is 0 Å². The molecule has 2 aromatic carbocycles. The molecule has 0 bridgehead atoms. The molecule has 0 unspecified atom stereocenters. The Hall–Kier alpha value is -2.48. The van der Waals surface area contributed by atoms with Crippen LogP contribution in [0.1, 0.15) is 20.8 Å². The molecule has 0 saturated carbocycles. The largest absolute Gasteiger partial charge is 0.321 e. The molecule has 0 aliphatic heterocycles. The van der Waals surface area contributed by atoms with Gasteiger partial charge >= 0.3 is 0 Å². The predicted molar refractivity (Wildman–Crippen MR) is 109 cm³/mol. The minimum absolute atomic E-state index is 0.125. The van der Waals surface area contributed by atoms with E-state index in [2.05, 4.69) is 5.32 Å². The van der Waals surface area contributed by atoms with Gasteiger partial charge in [-0.25, -0.2) is 8.42 Å². The van der Waals surface area contributed by atoms with Crippen molar-refractivity contribution in [1.29, 1.82) is 0 Å². The number of anilines is 1. The number of rotatable bonds is 6. The standard InChI is InChI=1S/C20H20N2O3S2/c1-15-7-6-10-17(11-15)21-20(23)19-12-18(14-26-19)27(24,25)22(2)13-16-8-4-3-5-9-16/h3-12,14H,13H2,1-2H3,(H,21,23). The number of nitrogens with zero attached hydrogens (tertiary/aromatic N) is 1. The van der Waals surface area contributed by atoms with Gasteiger partial charge in [0.15, 0.2) is 0 Å². The molecule has 0 saturated heterocycles. The maximum absolute atomic E-state index is 12.8. The van der Waals surface area contributed by atoms with Crippen molar-refractivity contribution < 1.29 is 13.2 Å². The second-order valence-electron chi connectivity index (χ2n) is 6.22. The molecule has 1 N–H and O–H groups in total. The zero-order valence-corrected chi connectivity index (χ0v) is 16.7. The Labute approximate surface area is 163 Å². The van der Waals surface area contributed by atoms with E-state index in [1.165, 1.54) is 22.8 Å². The Morgan fingerprint density at radius 3 is 2.52 bits per heavy atom. The highest BCUT2D eigenvalue weighted by molar-refractivity contribution is 7.89. The number of amides is 1. The van der Waals surface area contributed by atoms with Crippen LogP contribution in [0, 0.1) is 6.92 Å². The summed E-state index contributed by atoms with van der Waals surface area (Å²) in [5.41, 5.74) is 2.61. The molecule has 0 spiro atoms. The van der Waals surface area contributed by atoms with E-state index in [4.69, 9.17) is 0 Å². The number of hydrogen-bond acceptors (Lipinski definition) is 4. The first-order valence-corrected chi connectivity index (χ1v) is 10.6. The van der Waals surface area contributed by atoms with Gasteiger partial charge in [-0.1, -0.05) is 42.5 Å². The van der Waals surface area contributed by atoms with E-state index in [1.54, 1.807) is 6.07 Å². The molecule has 1 aromatic heterocycles. The monoisotopic (exact) mass is 400 g/mol. The lowest BCUT2D eigenvalue weighted by Crippen LogP contribution is -2.26. The number of benzene rings is 2. The summed E-state index contributed by atoms with van der Waals surface area (Å²) in [6, 6.07) is 18.2. The van der Waals surface area contributed by atoms with Gasteiger partial charge in [0.1, 0.15) is 0 Å². The minimum atomic E-state index is -3.67. The number of hydrogen-bond donors (Lipinski definition) is 1. The van der Waals surface area contributed by atoms with Gasteiger partial charge < -0.3 is 5.32 Å². The molecule has 1 amide bonds. The average Bonchev–Trinajstić information content (AvgIpc) is 3.13. The third-order valence-corrected chi connectivity index (χ3v) is 6.89. The molecule has 0 aliphatic rings. The van der Waals surface area contributed by atoms with Gasteiger partial charge in [0.05, 0.1) is 9.77 Å². The molecule has 27 heavy (non-hydrogen) atoms. The normalized spacial score (nSPS) is 11.5. The summed E-state index contributed by atoms with van der Waals surface area (Å²) in [5.74, 6) is -0.322. The zero-order chi connectivity index (χ0) is 19.4. The molecule has 3 rings (SSSR count). The summed E-state index contributed by atoms with van der Waals surface area (Å²) in [6.07, 6.45) is 0. The number of nitrogens with one attached hydrogen (secondary N) is 1. The maximum atomic E-state index is 12.8. The molecule has 0 atom stereocenters. The van der Waals surface area contributed by atoms with Gasteiger partial charge in [0, 0.05) is 24.7 Å². The van der Waals surface area contributed by atoms with Crippen molar-refractivity contribution in [3.63, 3.8) is 0 Å². The van der Waals surface area contributed by atoms with Crippen LogP contribution in [0.25, 0.3) is 0 Å². The van der Waals surface area contributed by atoms with Crippen LogP contribution in [0.5, 0.6) is 0 Å². The van der Waals surface area contributed by atoms with Crippen LogP contribution in [0.15, 0.2) is 70.9 Å². The maximum Gasteiger partial charge on any atom is 0.265 e. The molecular weight excluding hydrogens is 380 g/mol. The summed E-state index contributed by atoms with van der Waals surface area (Å²) in [4.78, 5) is 12.9. The highest BCUT2D eigenvalue weighted by Crippen LogP contribution is 2.24. The summed E-state index contributed by atoms with van der Waals surface area (Å²) >= 11 is 1.11. The highest BCUT2D eigenvalue weighted by atomic mass is 32.2. The van der Waals surface area contributed by atoms with Gasteiger partial charge in [-0.3, -0.25) is 4.79 Å². The van der Waals surface area contributed by atoms with Crippen molar-refractivity contribution in [3.05, 3.63) is 82.0 Å². The van der Waals surface area contributed by atoms with E-state index >= 15 is 0 Å². The third kappa shape index (κ3) is 4.63. The van der Waals surface area contributed by atoms with Crippen molar-refractivity contribution in [1.82, 2.24) is 4.31 Å². The van der Waals surface area contributed by atoms with E-state index in [1.807, 2.05) is 55.5 Å². The lowest BCUT2D eigenvalue weighted by Gasteiger charge is -2.16. The summed E-state index contributed by atoms with van der Waals surface area (Å²) in [5, 5.41) is 4.30. The van der Waals surface area contributed by atoms with Crippen molar-refractivity contribution in [2.45, 2.75) is 18.4 Å². The van der Waals surface area contributed by atoms with E-state index in [0.29, 0.717) is 10.6 Å². The van der Waals surface area contributed by atoms with Gasteiger partial charge in [-0.05, 0) is 36.2 Å². The van der Waals surface area contributed by atoms with E-state index in [9.17, 15) is 13.2 Å². The Kier molecular flexibility index (Phi) is 5.74. The molecule has 0 aliphatic carbocycles. The van der Waals surface area contributed by atoms with Gasteiger partial charge in [-0.15, -0.1) is 11.3 Å². The number of carbonyl (C=O) groups is 1. The van der Waals surface area contributed by atoms with Crippen LogP contribution in [0.4, 0.5) is 5.69 Å². The summed E-state index contributed by atoms with van der Waals surface area (Å²) in [6.45, 7) is 2.21. The molecule has 1 heterocycles. The first-order chi connectivity index (χ1) is 12.9. The highest BCUT2D eigenvalue weighted by Gasteiger charge is 2.24. The number of thiophene rings is 1. The molecule has 7 heteroatoms. The molecule has 3 aromatic rings. The van der Waals surface area contributed by atoms with Crippen LogP contribution >= 0.6 is 11.3 Å². The van der Waals surface area contributed by atoms with Crippen molar-refractivity contribution >= 4 is 33.0 Å². The Morgan fingerprint density at radius 1 is 1.07 bits per heavy atom. The fourth-order valence-corrected chi connectivity index (χ4v) is 4.91. The van der Waals surface area contributed by atoms with Gasteiger partial charge in [-0.2, -0.15) is 4.31 Å². The van der Waals surface area contributed by atoms with E-state index < -0.39 is 10.0 Å². The number of sulfonamides is 1. The van der Waals surface area contributed by atoms with E-state index in [0.717, 1.165) is 22.5 Å². The van der Waals surface area contributed by atoms with E-state index in [-0.39, 0.29) is 17.3 Å². The summed E-state index contributed by atoms with van der Waals surface area (Å²) < 4.78 is 26.8. The van der Waals surface area contributed by atoms with Crippen molar-refractivity contribution in [2.75, 3.05) is 12.4 Å². The Bertz CT molecular complexity index is 1040. The van der Waals surface area contributed by atoms with Crippen LogP contribution in [-0.4, -0.2) is 25.7 Å². The first kappa shape index (κ1) is 19.3. The fraction of sp³-hybridized carbons (Fsp3) is 0.150. The van der Waals surface area contributed by atoms with Crippen LogP contribution < -0.4 is 5.32 Å².